The molecule has 0 aliphatic carbocycles. The number of hydrogen-bond donors (Lipinski definition) is 4. The first-order valence-electron chi connectivity index (χ1n) is 10.8. The topological polar surface area (TPSA) is 102 Å². The van der Waals surface area contributed by atoms with E-state index < -0.39 is 0 Å². The summed E-state index contributed by atoms with van der Waals surface area (Å²) in [6, 6.07) is 10.3. The van der Waals surface area contributed by atoms with Crippen LogP contribution in [-0.2, 0) is 0 Å². The van der Waals surface area contributed by atoms with E-state index in [2.05, 4.69) is 48.8 Å². The molecule has 0 saturated heterocycles. The van der Waals surface area contributed by atoms with Gasteiger partial charge in [0.25, 0.3) is 0 Å². The number of fused-ring (bicyclic) bond motifs is 2. The molecule has 2 amide bonds. The molecule has 1 aliphatic rings. The average Bonchev–Trinajstić information content (AvgIpc) is 3.40. The number of nitrogens with one attached hydrogen (secondary N) is 4. The van der Waals surface area contributed by atoms with Crippen molar-refractivity contribution in [3.8, 4) is 0 Å². The van der Waals surface area contributed by atoms with Gasteiger partial charge < -0.3 is 25.5 Å². The van der Waals surface area contributed by atoms with Crippen molar-refractivity contribution in [2.24, 2.45) is 0 Å². The third-order valence-corrected chi connectivity index (χ3v) is 5.57. The zero-order valence-corrected chi connectivity index (χ0v) is 18.5. The molecule has 0 spiro atoms. The van der Waals surface area contributed by atoms with Crippen LogP contribution in [0.25, 0.3) is 27.5 Å². The van der Waals surface area contributed by atoms with E-state index in [9.17, 15) is 4.79 Å². The number of benzene rings is 1. The number of urea groups is 1. The summed E-state index contributed by atoms with van der Waals surface area (Å²) < 4.78 is 0. The van der Waals surface area contributed by atoms with Crippen molar-refractivity contribution in [2.75, 3.05) is 18.4 Å². The Balaban J connectivity index is 1.37. The van der Waals surface area contributed by atoms with E-state index in [1.807, 2.05) is 50.1 Å². The quantitative estimate of drug-likeness (QED) is 0.376. The lowest BCUT2D eigenvalue weighted by Crippen LogP contribution is -2.49. The Morgan fingerprint density at radius 3 is 2.81 bits per heavy atom. The van der Waals surface area contributed by atoms with Crippen LogP contribution in [0.3, 0.4) is 0 Å². The molecule has 32 heavy (non-hydrogen) atoms. The summed E-state index contributed by atoms with van der Waals surface area (Å²) in [5.74, 6) is 0.759. The van der Waals surface area contributed by atoms with E-state index in [1.165, 1.54) is 5.57 Å². The summed E-state index contributed by atoms with van der Waals surface area (Å²) in [4.78, 5) is 29.8. The maximum atomic E-state index is 12.4. The van der Waals surface area contributed by atoms with Crippen molar-refractivity contribution in [1.29, 1.82) is 0 Å². The first-order valence-corrected chi connectivity index (χ1v) is 10.8. The zero-order valence-electron chi connectivity index (χ0n) is 18.5. The predicted molar refractivity (Wildman–Crippen MR) is 128 cm³/mol. The Morgan fingerprint density at radius 1 is 1.16 bits per heavy atom. The number of hydrogen-bond acceptors (Lipinski definition) is 4. The molecule has 8 nitrogen and oxygen atoms in total. The predicted octanol–water partition coefficient (Wildman–Crippen LogP) is 4.78. The van der Waals surface area contributed by atoms with Gasteiger partial charge in [-0.15, -0.1) is 0 Å². The van der Waals surface area contributed by atoms with Crippen molar-refractivity contribution in [3.05, 3.63) is 54.6 Å². The molecule has 1 aliphatic heterocycles. The number of anilines is 2. The first-order chi connectivity index (χ1) is 15.4. The number of carbonyl (C=O) groups excluding carboxylic acids is 1. The molecule has 4 heterocycles. The van der Waals surface area contributed by atoms with Crippen molar-refractivity contribution in [3.63, 3.8) is 0 Å². The Bertz CT molecular complexity index is 1330. The summed E-state index contributed by atoms with van der Waals surface area (Å²) in [6.45, 7) is 7.23. The van der Waals surface area contributed by atoms with Gasteiger partial charge in [0.15, 0.2) is 0 Å². The Morgan fingerprint density at radius 2 is 2.03 bits per heavy atom. The molecular formula is C24H27N7O. The standard InChI is InChI=1S/C24H27N7O/c1-24(2,3)30-23(32)31-10-7-15(8-11-31)20-13-18-21(26-14-27-22(18)29-20)28-17-4-5-19-16(12-17)6-9-25-19/h4-7,9,12-14,25H,8,10-11H2,1-3H3,(H,30,32)(H2,26,27,28,29). The molecule has 8 heteroatoms. The van der Waals surface area contributed by atoms with Crippen molar-refractivity contribution in [1.82, 2.24) is 30.2 Å². The smallest absolute Gasteiger partial charge is 0.318 e. The van der Waals surface area contributed by atoms with Crippen molar-refractivity contribution in [2.45, 2.75) is 32.7 Å². The molecule has 0 saturated carbocycles. The minimum absolute atomic E-state index is 0.0267. The van der Waals surface area contributed by atoms with E-state index in [-0.39, 0.29) is 11.6 Å². The average molecular weight is 430 g/mol. The van der Waals surface area contributed by atoms with Gasteiger partial charge in [0.2, 0.25) is 0 Å². The van der Waals surface area contributed by atoms with Crippen LogP contribution in [0.4, 0.5) is 16.3 Å². The van der Waals surface area contributed by atoms with Gasteiger partial charge in [-0.05, 0) is 63.1 Å². The first kappa shape index (κ1) is 20.1. The summed E-state index contributed by atoms with van der Waals surface area (Å²) >= 11 is 0. The Kier molecular flexibility index (Phi) is 4.84. The lowest BCUT2D eigenvalue weighted by atomic mass is 10.0. The van der Waals surface area contributed by atoms with Gasteiger partial charge in [0.05, 0.1) is 5.39 Å². The minimum Gasteiger partial charge on any atom is -0.361 e. The Hall–Kier alpha value is -3.81. The molecule has 164 valence electrons. The summed E-state index contributed by atoms with van der Waals surface area (Å²) in [6.07, 6.45) is 6.39. The highest BCUT2D eigenvalue weighted by molar-refractivity contribution is 5.93. The monoisotopic (exact) mass is 429 g/mol. The third kappa shape index (κ3) is 4.03. The molecule has 0 atom stereocenters. The largest absolute Gasteiger partial charge is 0.361 e. The van der Waals surface area contributed by atoms with E-state index >= 15 is 0 Å². The van der Waals surface area contributed by atoms with Crippen molar-refractivity contribution < 1.29 is 4.79 Å². The second-order valence-corrected chi connectivity index (χ2v) is 9.18. The van der Waals surface area contributed by atoms with Crippen molar-refractivity contribution >= 4 is 45.0 Å². The van der Waals surface area contributed by atoms with Crippen LogP contribution in [0, 0.1) is 0 Å². The number of aromatic nitrogens is 4. The molecule has 0 bridgehead atoms. The normalized spacial score (nSPS) is 14.6. The molecule has 5 rings (SSSR count). The van der Waals surface area contributed by atoms with Gasteiger partial charge >= 0.3 is 6.03 Å². The van der Waals surface area contributed by atoms with Crippen LogP contribution >= 0.6 is 0 Å². The van der Waals surface area contributed by atoms with Gasteiger partial charge in [-0.1, -0.05) is 6.08 Å². The molecule has 4 aromatic rings. The van der Waals surface area contributed by atoms with Crippen LogP contribution < -0.4 is 10.6 Å². The zero-order chi connectivity index (χ0) is 22.3. The molecule has 1 aromatic carbocycles. The van der Waals surface area contributed by atoms with E-state index in [1.54, 1.807) is 6.33 Å². The summed E-state index contributed by atoms with van der Waals surface area (Å²) in [5, 5.41) is 8.53. The number of carbonyl (C=O) groups is 1. The molecule has 0 radical (unpaired) electrons. The van der Waals surface area contributed by atoms with Gasteiger partial charge in [-0.3, -0.25) is 0 Å². The minimum atomic E-state index is -0.244. The van der Waals surface area contributed by atoms with Gasteiger partial charge in [0.1, 0.15) is 17.8 Å². The maximum absolute atomic E-state index is 12.4. The molecule has 3 aromatic heterocycles. The second kappa shape index (κ2) is 7.71. The van der Waals surface area contributed by atoms with Gasteiger partial charge in [-0.25, -0.2) is 14.8 Å². The van der Waals surface area contributed by atoms with Gasteiger partial charge in [-0.2, -0.15) is 0 Å². The van der Waals surface area contributed by atoms with Crippen LogP contribution in [0.2, 0.25) is 0 Å². The summed E-state index contributed by atoms with van der Waals surface area (Å²) in [7, 11) is 0. The molecule has 0 fully saturated rings. The third-order valence-electron chi connectivity index (χ3n) is 5.57. The lowest BCUT2D eigenvalue weighted by molar-refractivity contribution is 0.193. The van der Waals surface area contributed by atoms with Gasteiger partial charge in [0, 0.05) is 47.1 Å². The number of rotatable bonds is 3. The van der Waals surface area contributed by atoms with Crippen LogP contribution in [-0.4, -0.2) is 49.5 Å². The highest BCUT2D eigenvalue weighted by Crippen LogP contribution is 2.30. The number of H-pyrrole nitrogens is 2. The fourth-order valence-corrected chi connectivity index (χ4v) is 3.98. The second-order valence-electron chi connectivity index (χ2n) is 9.18. The fraction of sp³-hybridized carbons (Fsp3) is 0.292. The van der Waals surface area contributed by atoms with Crippen LogP contribution in [0.15, 0.2) is 48.9 Å². The van der Waals surface area contributed by atoms with Crippen LogP contribution in [0.5, 0.6) is 0 Å². The highest BCUT2D eigenvalue weighted by Gasteiger charge is 2.22. The Labute approximate surface area is 186 Å². The maximum Gasteiger partial charge on any atom is 0.318 e. The number of amides is 2. The number of nitrogens with zero attached hydrogens (tertiary/aromatic N) is 3. The lowest BCUT2D eigenvalue weighted by Gasteiger charge is -2.30. The molecule has 4 N–H and O–H groups in total. The summed E-state index contributed by atoms with van der Waals surface area (Å²) in [5.41, 5.74) is 4.81. The van der Waals surface area contributed by atoms with E-state index in [4.69, 9.17) is 0 Å². The molecule has 0 unspecified atom stereocenters. The fourth-order valence-electron chi connectivity index (χ4n) is 3.98. The highest BCUT2D eigenvalue weighted by atomic mass is 16.2. The van der Waals surface area contributed by atoms with E-state index in [0.717, 1.165) is 45.6 Å². The SMILES string of the molecule is CC(C)(C)NC(=O)N1CC=C(c2cc3c(Nc4ccc5[nH]ccc5c4)ncnc3[nH]2)CC1. The number of aromatic amines is 2. The van der Waals surface area contributed by atoms with E-state index in [0.29, 0.717) is 13.1 Å². The molecular weight excluding hydrogens is 402 g/mol. The van der Waals surface area contributed by atoms with Crippen LogP contribution in [0.1, 0.15) is 32.9 Å².